The van der Waals surface area contributed by atoms with Crippen LogP contribution in [0.4, 0.5) is 0 Å². The summed E-state index contributed by atoms with van der Waals surface area (Å²) in [5.74, 6) is 5.87. The zero-order valence-electron chi connectivity index (χ0n) is 31.5. The Hall–Kier alpha value is -1.25. The number of thioether (sulfide) groups is 1. The van der Waals surface area contributed by atoms with E-state index in [0.717, 1.165) is 57.8 Å². The summed E-state index contributed by atoms with van der Waals surface area (Å²) >= 11 is 2.32. The normalized spacial score (nSPS) is 33.5. The molecule has 1 heterocycles. The summed E-state index contributed by atoms with van der Waals surface area (Å²) in [6.45, 7) is 30.0. The van der Waals surface area contributed by atoms with E-state index < -0.39 is 8.07 Å². The molecule has 4 aliphatic rings. The highest BCUT2D eigenvalue weighted by atomic mass is 32.2. The summed E-state index contributed by atoms with van der Waals surface area (Å²) in [5, 5.41) is 0.784. The molecule has 46 heavy (non-hydrogen) atoms. The second kappa shape index (κ2) is 12.6. The van der Waals surface area contributed by atoms with Gasteiger partial charge in [0.05, 0.1) is 8.07 Å². The summed E-state index contributed by atoms with van der Waals surface area (Å²) in [4.78, 5) is 1.63. The third-order valence-electron chi connectivity index (χ3n) is 13.8. The second-order valence-corrected chi connectivity index (χ2v) is 25.5. The van der Waals surface area contributed by atoms with Crippen LogP contribution in [0.25, 0.3) is 5.57 Å². The Labute approximate surface area is 289 Å². The molecule has 2 aromatic carbocycles. The van der Waals surface area contributed by atoms with Crippen LogP contribution >= 0.6 is 11.8 Å². The predicted molar refractivity (Wildman–Crippen MR) is 208 cm³/mol. The van der Waals surface area contributed by atoms with Gasteiger partial charge in [-0.25, -0.2) is 0 Å². The van der Waals surface area contributed by atoms with Gasteiger partial charge < -0.3 is 0 Å². The highest BCUT2D eigenvalue weighted by molar-refractivity contribution is 8.04. The molecular formula is C44H66SSi. The van der Waals surface area contributed by atoms with Gasteiger partial charge in [-0.3, -0.25) is 0 Å². The number of hydrogen-bond donors (Lipinski definition) is 0. The van der Waals surface area contributed by atoms with Crippen LogP contribution in [0.1, 0.15) is 136 Å². The average molecular weight is 655 g/mol. The van der Waals surface area contributed by atoms with Gasteiger partial charge in [0.15, 0.2) is 0 Å². The first-order valence-electron chi connectivity index (χ1n) is 19.1. The van der Waals surface area contributed by atoms with Crippen molar-refractivity contribution < 1.29 is 0 Å². The average Bonchev–Trinajstić information content (AvgIpc) is 3.65. The summed E-state index contributed by atoms with van der Waals surface area (Å²) in [6.07, 6.45) is 8.59. The molecule has 3 aliphatic carbocycles. The Morgan fingerprint density at radius 3 is 1.89 bits per heavy atom. The quantitative estimate of drug-likeness (QED) is 0.279. The van der Waals surface area contributed by atoms with E-state index in [1.54, 1.807) is 16.0 Å². The van der Waals surface area contributed by atoms with Crippen molar-refractivity contribution in [1.82, 2.24) is 0 Å². The molecule has 252 valence electrons. The highest BCUT2D eigenvalue weighted by Gasteiger charge is 2.61. The molecule has 2 aromatic rings. The molecule has 0 spiro atoms. The molecule has 2 heteroatoms. The molecule has 6 rings (SSSR count). The number of fused-ring (bicyclic) bond motifs is 2. The van der Waals surface area contributed by atoms with Gasteiger partial charge in [-0.1, -0.05) is 143 Å². The molecule has 0 bridgehead atoms. The molecule has 9 atom stereocenters. The first-order valence-corrected chi connectivity index (χ1v) is 23.2. The highest BCUT2D eigenvalue weighted by Crippen LogP contribution is 2.69. The fourth-order valence-electron chi connectivity index (χ4n) is 11.6. The lowest BCUT2D eigenvalue weighted by Gasteiger charge is -2.48. The molecule has 0 nitrogen and oxygen atoms in total. The van der Waals surface area contributed by atoms with E-state index in [-0.39, 0.29) is 10.8 Å². The summed E-state index contributed by atoms with van der Waals surface area (Å²) in [6, 6.07) is 19.7. The lowest BCUT2D eigenvalue weighted by atomic mass is 9.70. The van der Waals surface area contributed by atoms with Crippen molar-refractivity contribution in [3.05, 3.63) is 75.7 Å². The van der Waals surface area contributed by atoms with Crippen LogP contribution in [-0.2, 0) is 10.8 Å². The van der Waals surface area contributed by atoms with Gasteiger partial charge in [0.2, 0.25) is 0 Å². The minimum absolute atomic E-state index is 0.203. The fraction of sp³-hybridized carbons (Fsp3) is 0.682. The van der Waals surface area contributed by atoms with Crippen molar-refractivity contribution in [2.75, 3.05) is 0 Å². The number of allylic oxidation sites excluding steroid dienone is 2. The van der Waals surface area contributed by atoms with E-state index in [1.807, 2.05) is 0 Å². The summed E-state index contributed by atoms with van der Waals surface area (Å²) < 4.78 is 0. The van der Waals surface area contributed by atoms with Crippen LogP contribution < -0.4 is 0 Å². The minimum atomic E-state index is -1.65. The lowest BCUT2D eigenvalue weighted by Crippen LogP contribution is -2.48. The van der Waals surface area contributed by atoms with Gasteiger partial charge in [-0.05, 0) is 122 Å². The van der Waals surface area contributed by atoms with Gasteiger partial charge in [-0.2, -0.15) is 0 Å². The number of hydrogen-bond acceptors (Lipinski definition) is 1. The molecule has 0 amide bonds. The first kappa shape index (κ1) is 34.6. The van der Waals surface area contributed by atoms with Crippen molar-refractivity contribution in [1.29, 1.82) is 0 Å². The molecule has 0 saturated heterocycles. The van der Waals surface area contributed by atoms with E-state index in [4.69, 9.17) is 0 Å². The third kappa shape index (κ3) is 6.07. The van der Waals surface area contributed by atoms with Crippen molar-refractivity contribution in [3.8, 4) is 0 Å². The first-order chi connectivity index (χ1) is 21.5. The van der Waals surface area contributed by atoms with E-state index in [1.165, 1.54) is 55.2 Å². The van der Waals surface area contributed by atoms with Crippen LogP contribution in [0.15, 0.2) is 53.4 Å². The molecule has 9 unspecified atom stereocenters. The standard InChI is InChI=1S/C44H66SSi/c1-13-29-25-37-34(30-17-21-32(22-18-30)43(5,6)7)15-14-16-35(37)41(29)46(11,12)42-36(27(2)3)26-38-39(28(4)45-40(38)42)31-19-23-33(24-20-31)44(8,9)10/h17-24,27,29,34-38,40-42H,13-16,25-26H2,1-12H3. The predicted octanol–water partition coefficient (Wildman–Crippen LogP) is 13.5. The zero-order chi connectivity index (χ0) is 33.3. The molecule has 0 N–H and O–H groups in total. The Balaban J connectivity index is 1.30. The number of rotatable bonds is 6. The van der Waals surface area contributed by atoms with Crippen LogP contribution in [0, 0.1) is 35.5 Å². The monoisotopic (exact) mass is 654 g/mol. The van der Waals surface area contributed by atoms with Crippen molar-refractivity contribution in [3.63, 3.8) is 0 Å². The Bertz CT molecular complexity index is 1400. The van der Waals surface area contributed by atoms with E-state index in [0.29, 0.717) is 0 Å². The van der Waals surface area contributed by atoms with Crippen molar-refractivity contribution >= 4 is 25.4 Å². The molecule has 3 saturated carbocycles. The maximum atomic E-state index is 2.90. The maximum Gasteiger partial charge on any atom is 0.0556 e. The van der Waals surface area contributed by atoms with Crippen LogP contribution in [0.2, 0.25) is 24.2 Å². The van der Waals surface area contributed by atoms with Gasteiger partial charge in [0, 0.05) is 5.25 Å². The Kier molecular flexibility index (Phi) is 9.46. The Morgan fingerprint density at radius 1 is 0.761 bits per heavy atom. The van der Waals surface area contributed by atoms with Crippen LogP contribution in [-0.4, -0.2) is 13.3 Å². The van der Waals surface area contributed by atoms with Gasteiger partial charge in [0.25, 0.3) is 0 Å². The van der Waals surface area contributed by atoms with E-state index in [9.17, 15) is 0 Å². The lowest BCUT2D eigenvalue weighted by molar-refractivity contribution is 0.235. The molecule has 0 radical (unpaired) electrons. The van der Waals surface area contributed by atoms with E-state index >= 15 is 0 Å². The smallest absolute Gasteiger partial charge is 0.0556 e. The molecular weight excluding hydrogens is 589 g/mol. The second-order valence-electron chi connectivity index (χ2n) is 19.1. The summed E-state index contributed by atoms with van der Waals surface area (Å²) in [7, 11) is -1.65. The fourth-order valence-corrected chi connectivity index (χ4v) is 20.7. The summed E-state index contributed by atoms with van der Waals surface area (Å²) in [5.41, 5.74) is 10.1. The van der Waals surface area contributed by atoms with Gasteiger partial charge >= 0.3 is 0 Å². The van der Waals surface area contributed by atoms with Crippen LogP contribution in [0.3, 0.4) is 0 Å². The minimum Gasteiger partial charge on any atom is -0.127 e. The van der Waals surface area contributed by atoms with E-state index in [2.05, 4.69) is 143 Å². The largest absolute Gasteiger partial charge is 0.127 e. The maximum absolute atomic E-state index is 2.90. The SMILES string of the molecule is CCC1CC2C(c3ccc(C(C)(C)C)cc3)CCCC2C1[Si](C)(C)C1C(C(C)C)CC2C(c3ccc(C(C)(C)C)cc3)=C(C)SC21. The van der Waals surface area contributed by atoms with Crippen molar-refractivity contribution in [2.24, 2.45) is 35.5 Å². The van der Waals surface area contributed by atoms with Crippen molar-refractivity contribution in [2.45, 2.75) is 154 Å². The Morgan fingerprint density at radius 2 is 1.35 bits per heavy atom. The van der Waals surface area contributed by atoms with Gasteiger partial charge in [-0.15, -0.1) is 11.8 Å². The zero-order valence-corrected chi connectivity index (χ0v) is 33.4. The molecule has 3 fully saturated rings. The number of benzene rings is 2. The third-order valence-corrected chi connectivity index (χ3v) is 20.7. The molecule has 1 aliphatic heterocycles. The topological polar surface area (TPSA) is 0 Å². The van der Waals surface area contributed by atoms with Gasteiger partial charge in [0.1, 0.15) is 0 Å². The molecule has 0 aromatic heterocycles. The van der Waals surface area contributed by atoms with Crippen LogP contribution in [0.5, 0.6) is 0 Å².